The minimum Gasteiger partial charge on any atom is -0.413 e. The van der Waals surface area contributed by atoms with E-state index in [9.17, 15) is 5.11 Å². The van der Waals surface area contributed by atoms with E-state index in [1.165, 1.54) is 10.4 Å². The van der Waals surface area contributed by atoms with Gasteiger partial charge in [0.25, 0.3) is 8.32 Å². The van der Waals surface area contributed by atoms with Crippen LogP contribution in [0.2, 0.25) is 23.2 Å². The Hall–Kier alpha value is -1.51. The molecule has 0 unspecified atom stereocenters. The van der Waals surface area contributed by atoms with Crippen LogP contribution in [0.15, 0.2) is 72.3 Å². The number of aliphatic hydroxyl groups is 1. The van der Waals surface area contributed by atoms with Crippen molar-refractivity contribution >= 4 is 27.0 Å². The van der Waals surface area contributed by atoms with E-state index < -0.39 is 22.7 Å². The predicted octanol–water partition coefficient (Wildman–Crippen LogP) is 6.28. The minimum absolute atomic E-state index is 0.0321. The number of rotatable bonds is 7. The quantitative estimate of drug-likeness (QED) is 0.352. The lowest BCUT2D eigenvalue weighted by Gasteiger charge is -2.44. The van der Waals surface area contributed by atoms with Crippen LogP contribution in [-0.2, 0) is 8.85 Å². The molecule has 1 fully saturated rings. The van der Waals surface area contributed by atoms with Crippen LogP contribution in [0, 0.1) is 5.92 Å². The van der Waals surface area contributed by atoms with E-state index in [1.807, 2.05) is 6.92 Å². The van der Waals surface area contributed by atoms with Crippen LogP contribution in [0.1, 0.15) is 54.9 Å². The molecule has 3 nitrogen and oxygen atoms in total. The largest absolute Gasteiger partial charge is 0.413 e. The Morgan fingerprint density at radius 2 is 1.34 bits per heavy atom. The Morgan fingerprint density at radius 3 is 1.74 bits per heavy atom. The maximum absolute atomic E-state index is 11.0. The molecule has 1 N–H and O–H groups in total. The van der Waals surface area contributed by atoms with Crippen molar-refractivity contribution in [2.75, 3.05) is 6.61 Å². The zero-order valence-electron chi connectivity index (χ0n) is 23.3. The summed E-state index contributed by atoms with van der Waals surface area (Å²) in [4.78, 5) is 0. The lowest BCUT2D eigenvalue weighted by molar-refractivity contribution is 0.104. The Bertz CT molecular complexity index is 948. The molecular formula is C30H46O3Si2. The average molecular weight is 511 g/mol. The van der Waals surface area contributed by atoms with Gasteiger partial charge >= 0.3 is 0 Å². The van der Waals surface area contributed by atoms with Crippen LogP contribution in [0.25, 0.3) is 0 Å². The van der Waals surface area contributed by atoms with Crippen molar-refractivity contribution in [2.24, 2.45) is 5.92 Å². The molecule has 5 heteroatoms. The van der Waals surface area contributed by atoms with Crippen molar-refractivity contribution < 1.29 is 14.0 Å². The number of hydrogen-bond donors (Lipinski definition) is 1. The second kappa shape index (κ2) is 10.5. The Labute approximate surface area is 215 Å². The molecule has 2 aromatic rings. The minimum atomic E-state index is -2.66. The summed E-state index contributed by atoms with van der Waals surface area (Å²) in [5.74, 6) is 0.0470. The first-order chi connectivity index (χ1) is 16.2. The van der Waals surface area contributed by atoms with Crippen LogP contribution in [-0.4, -0.2) is 40.6 Å². The van der Waals surface area contributed by atoms with E-state index in [0.29, 0.717) is 13.0 Å². The van der Waals surface area contributed by atoms with Gasteiger partial charge in [0.2, 0.25) is 0 Å². The van der Waals surface area contributed by atoms with Crippen LogP contribution in [0.5, 0.6) is 0 Å². The van der Waals surface area contributed by atoms with Gasteiger partial charge in [-0.15, -0.1) is 0 Å². The second-order valence-corrected chi connectivity index (χ2v) is 21.6. The molecule has 2 aromatic carbocycles. The van der Waals surface area contributed by atoms with Crippen molar-refractivity contribution in [1.82, 2.24) is 0 Å². The highest BCUT2D eigenvalue weighted by Gasteiger charge is 2.52. The molecule has 192 valence electrons. The van der Waals surface area contributed by atoms with Gasteiger partial charge in [-0.2, -0.15) is 0 Å². The highest BCUT2D eigenvalue weighted by Crippen LogP contribution is 2.44. The van der Waals surface area contributed by atoms with Crippen molar-refractivity contribution in [3.63, 3.8) is 0 Å². The molecule has 0 aromatic heterocycles. The zero-order chi connectivity index (χ0) is 26.1. The summed E-state index contributed by atoms with van der Waals surface area (Å²) in [6, 6.07) is 21.6. The van der Waals surface area contributed by atoms with Crippen LogP contribution >= 0.6 is 0 Å². The maximum Gasteiger partial charge on any atom is 0.261 e. The Balaban J connectivity index is 2.04. The molecule has 35 heavy (non-hydrogen) atoms. The molecule has 1 aliphatic carbocycles. The maximum atomic E-state index is 11.0. The Kier molecular flexibility index (Phi) is 8.39. The van der Waals surface area contributed by atoms with E-state index >= 15 is 0 Å². The molecule has 0 bridgehead atoms. The number of aliphatic hydroxyl groups excluding tert-OH is 1. The third-order valence-corrected chi connectivity index (χ3v) is 17.7. The van der Waals surface area contributed by atoms with E-state index in [4.69, 9.17) is 8.85 Å². The molecule has 3 atom stereocenters. The number of hydrogen-bond acceptors (Lipinski definition) is 3. The van der Waals surface area contributed by atoms with Gasteiger partial charge in [0.1, 0.15) is 0 Å². The smallest absolute Gasteiger partial charge is 0.261 e. The van der Waals surface area contributed by atoms with Crippen molar-refractivity contribution in [2.45, 2.75) is 90.3 Å². The molecule has 0 saturated heterocycles. The number of allylic oxidation sites excluding steroid dienone is 1. The third-order valence-electron chi connectivity index (χ3n) is 8.20. The van der Waals surface area contributed by atoms with Crippen LogP contribution < -0.4 is 10.4 Å². The molecular weight excluding hydrogens is 464 g/mol. The average Bonchev–Trinajstić information content (AvgIpc) is 3.07. The van der Waals surface area contributed by atoms with Gasteiger partial charge in [0, 0.05) is 18.9 Å². The topological polar surface area (TPSA) is 38.7 Å². The van der Waals surface area contributed by atoms with Gasteiger partial charge in [-0.25, -0.2) is 0 Å². The first kappa shape index (κ1) is 28.1. The highest BCUT2D eigenvalue weighted by molar-refractivity contribution is 6.99. The van der Waals surface area contributed by atoms with Crippen LogP contribution in [0.4, 0.5) is 0 Å². The molecule has 0 radical (unpaired) electrons. The van der Waals surface area contributed by atoms with E-state index in [1.54, 1.807) is 0 Å². The molecule has 0 amide bonds. The van der Waals surface area contributed by atoms with Crippen molar-refractivity contribution in [3.8, 4) is 0 Å². The van der Waals surface area contributed by atoms with Crippen LogP contribution in [0.3, 0.4) is 0 Å². The van der Waals surface area contributed by atoms with Gasteiger partial charge in [0.15, 0.2) is 8.32 Å². The fourth-order valence-electron chi connectivity index (χ4n) is 5.25. The van der Waals surface area contributed by atoms with E-state index in [2.05, 4.69) is 121 Å². The summed E-state index contributed by atoms with van der Waals surface area (Å²) < 4.78 is 14.2. The fourth-order valence-corrected chi connectivity index (χ4v) is 11.2. The zero-order valence-corrected chi connectivity index (χ0v) is 25.3. The van der Waals surface area contributed by atoms with E-state index in [0.717, 1.165) is 5.57 Å². The summed E-state index contributed by atoms with van der Waals surface area (Å²) >= 11 is 0. The standard InChI is InChI=1S/C30H46O3Si2/c1-10-25-26(28(21-27(25)31)33-34(8,9)29(2,3)4)22-32-35(30(5,6)7,23-17-13-11-14-18-23)24-19-15-12-16-20-24/h10-20,26-28,31H,21-22H2,1-9H3/t26-,27+,28-/m0/s1. The van der Waals surface area contributed by atoms with Gasteiger partial charge in [0.05, 0.1) is 12.2 Å². The van der Waals surface area contributed by atoms with E-state index in [-0.39, 0.29) is 22.1 Å². The SMILES string of the molecule is CC=C1[C@H](O)C[C@H](O[Si](C)(C)C(C)(C)C)[C@H]1CO[Si](c1ccccc1)(c1ccccc1)C(C)(C)C. The predicted molar refractivity (Wildman–Crippen MR) is 154 cm³/mol. The molecule has 1 aliphatic rings. The van der Waals surface area contributed by atoms with Gasteiger partial charge in [-0.1, -0.05) is 108 Å². The van der Waals surface area contributed by atoms with Gasteiger partial charge in [-0.05, 0) is 46.0 Å². The molecule has 0 spiro atoms. The fraction of sp³-hybridized carbons (Fsp3) is 0.533. The summed E-state index contributed by atoms with van der Waals surface area (Å²) in [7, 11) is -4.66. The normalized spacial score (nSPS) is 23.1. The number of benzene rings is 2. The first-order valence-electron chi connectivity index (χ1n) is 13.0. The third kappa shape index (κ3) is 5.59. The summed E-state index contributed by atoms with van der Waals surface area (Å²) in [6.45, 7) is 20.9. The Morgan fingerprint density at radius 1 is 0.857 bits per heavy atom. The monoisotopic (exact) mass is 510 g/mol. The first-order valence-corrected chi connectivity index (χ1v) is 17.8. The lowest BCUT2D eigenvalue weighted by Crippen LogP contribution is -2.67. The van der Waals surface area contributed by atoms with Crippen molar-refractivity contribution in [3.05, 3.63) is 72.3 Å². The molecule has 1 saturated carbocycles. The summed E-state index contributed by atoms with van der Waals surface area (Å²) in [5, 5.41) is 13.6. The van der Waals surface area contributed by atoms with Crippen molar-refractivity contribution in [1.29, 1.82) is 0 Å². The van der Waals surface area contributed by atoms with Gasteiger partial charge in [-0.3, -0.25) is 0 Å². The second-order valence-electron chi connectivity index (χ2n) is 12.5. The molecule has 0 heterocycles. The molecule has 3 rings (SSSR count). The highest BCUT2D eigenvalue weighted by atomic mass is 28.4. The van der Waals surface area contributed by atoms with Gasteiger partial charge < -0.3 is 14.0 Å². The molecule has 0 aliphatic heterocycles. The summed E-state index contributed by atoms with van der Waals surface area (Å²) in [6.07, 6.45) is 2.22. The summed E-state index contributed by atoms with van der Waals surface area (Å²) in [5.41, 5.74) is 1.06. The lowest BCUT2D eigenvalue weighted by atomic mass is 10.0.